The predicted molar refractivity (Wildman–Crippen MR) is 123 cm³/mol. The largest absolute Gasteiger partial charge is 0.463 e. The number of aromatic nitrogens is 2. The number of nitrogens with zero attached hydrogens (tertiary/aromatic N) is 3. The van der Waals surface area contributed by atoms with Crippen molar-refractivity contribution in [2.24, 2.45) is 0 Å². The van der Waals surface area contributed by atoms with Crippen LogP contribution in [0, 0.1) is 6.92 Å². The summed E-state index contributed by atoms with van der Waals surface area (Å²) in [5, 5.41) is 5.98. The second-order valence-electron chi connectivity index (χ2n) is 6.87. The van der Waals surface area contributed by atoms with E-state index in [1.165, 1.54) is 34.1 Å². The van der Waals surface area contributed by atoms with Gasteiger partial charge in [0, 0.05) is 5.39 Å². The van der Waals surface area contributed by atoms with E-state index in [0.29, 0.717) is 9.91 Å². The van der Waals surface area contributed by atoms with Crippen LogP contribution in [-0.4, -0.2) is 58.0 Å². The lowest BCUT2D eigenvalue weighted by atomic mass is 10.3. The Morgan fingerprint density at radius 2 is 2.00 bits per heavy atom. The monoisotopic (exact) mass is 471 g/mol. The number of fused-ring (bicyclic) bond motifs is 1. The van der Waals surface area contributed by atoms with Gasteiger partial charge in [-0.25, -0.2) is 14.3 Å². The van der Waals surface area contributed by atoms with E-state index in [2.05, 4.69) is 5.10 Å². The summed E-state index contributed by atoms with van der Waals surface area (Å²) in [7, 11) is 0. The van der Waals surface area contributed by atoms with E-state index in [0.717, 1.165) is 21.6 Å². The Morgan fingerprint density at radius 1 is 1.22 bits per heavy atom. The fraction of sp³-hybridized carbons (Fsp3) is 0.273. The van der Waals surface area contributed by atoms with Crippen LogP contribution in [-0.2, 0) is 19.1 Å². The van der Waals surface area contributed by atoms with Crippen LogP contribution in [0.1, 0.15) is 22.3 Å². The Labute approximate surface area is 192 Å². The van der Waals surface area contributed by atoms with E-state index in [9.17, 15) is 14.4 Å². The molecular weight excluding hydrogens is 450 g/mol. The van der Waals surface area contributed by atoms with Crippen LogP contribution in [0.3, 0.4) is 0 Å². The van der Waals surface area contributed by atoms with Crippen LogP contribution in [0.5, 0.6) is 0 Å². The number of carbonyl (C=O) groups is 3. The molecule has 3 aromatic rings. The molecule has 0 unspecified atom stereocenters. The summed E-state index contributed by atoms with van der Waals surface area (Å²) in [6, 6.07) is 11.5. The first-order valence-corrected chi connectivity index (χ1v) is 11.8. The van der Waals surface area contributed by atoms with Gasteiger partial charge in [-0.1, -0.05) is 30.0 Å². The van der Waals surface area contributed by atoms with Gasteiger partial charge >= 0.3 is 11.9 Å². The normalized spacial score (nSPS) is 15.0. The first-order valence-electron chi connectivity index (χ1n) is 10.0. The van der Waals surface area contributed by atoms with Crippen LogP contribution < -0.4 is 0 Å². The Balaban J connectivity index is 1.43. The number of ether oxygens (including phenoxy) is 2. The number of carbonyl (C=O) groups excluding carboxylic acids is 3. The highest BCUT2D eigenvalue weighted by molar-refractivity contribution is 8.04. The molecular formula is C22H21N3O5S2. The van der Waals surface area contributed by atoms with E-state index in [4.69, 9.17) is 9.47 Å². The summed E-state index contributed by atoms with van der Waals surface area (Å²) in [5.41, 5.74) is 1.74. The van der Waals surface area contributed by atoms with Crippen LogP contribution in [0.2, 0.25) is 0 Å². The molecule has 0 N–H and O–H groups in total. The Hall–Kier alpha value is -3.11. The minimum Gasteiger partial charge on any atom is -0.463 e. The minimum atomic E-state index is -0.500. The van der Waals surface area contributed by atoms with E-state index in [1.807, 2.05) is 41.9 Å². The SMILES string of the molecule is CCOC(=O)/C=C1/SCC(=O)N1CCOC(=O)c1cc2c(C)nn(-c3ccccc3)c2s1. The van der Waals surface area contributed by atoms with E-state index < -0.39 is 11.9 Å². The number of rotatable bonds is 7. The number of aryl methyl sites for hydroxylation is 1. The minimum absolute atomic E-state index is 0.0172. The lowest BCUT2D eigenvalue weighted by molar-refractivity contribution is -0.137. The third-order valence-corrected chi connectivity index (χ3v) is 6.85. The maximum absolute atomic E-state index is 12.6. The number of benzene rings is 1. The summed E-state index contributed by atoms with van der Waals surface area (Å²) in [6.45, 7) is 4.06. The van der Waals surface area contributed by atoms with Gasteiger partial charge < -0.3 is 14.4 Å². The third kappa shape index (κ3) is 4.56. The van der Waals surface area contributed by atoms with E-state index >= 15 is 0 Å². The molecule has 166 valence electrons. The quantitative estimate of drug-likeness (QED) is 0.385. The molecule has 0 aliphatic carbocycles. The van der Waals surface area contributed by atoms with Gasteiger partial charge in [0.2, 0.25) is 5.91 Å². The van der Waals surface area contributed by atoms with Crippen molar-refractivity contribution in [1.82, 2.24) is 14.7 Å². The fourth-order valence-electron chi connectivity index (χ4n) is 3.25. The zero-order chi connectivity index (χ0) is 22.7. The summed E-state index contributed by atoms with van der Waals surface area (Å²) in [5.74, 6) is -0.854. The van der Waals surface area contributed by atoms with E-state index in [1.54, 1.807) is 13.0 Å². The van der Waals surface area contributed by atoms with Crippen LogP contribution in [0.15, 0.2) is 47.5 Å². The number of para-hydroxylation sites is 1. The average Bonchev–Trinajstić information content (AvgIpc) is 3.45. The lowest BCUT2D eigenvalue weighted by Crippen LogP contribution is -2.29. The van der Waals surface area contributed by atoms with Crippen molar-refractivity contribution in [3.8, 4) is 5.69 Å². The number of hydrogen-bond donors (Lipinski definition) is 0. The van der Waals surface area contributed by atoms with Gasteiger partial charge in [0.1, 0.15) is 16.3 Å². The molecule has 1 aromatic carbocycles. The molecule has 1 fully saturated rings. The molecule has 8 nitrogen and oxygen atoms in total. The smallest absolute Gasteiger partial charge is 0.348 e. The number of amides is 1. The molecule has 2 aromatic heterocycles. The number of esters is 2. The molecule has 32 heavy (non-hydrogen) atoms. The van der Waals surface area contributed by atoms with Gasteiger partial charge in [-0.2, -0.15) is 5.10 Å². The van der Waals surface area contributed by atoms with Gasteiger partial charge in [-0.05, 0) is 32.0 Å². The van der Waals surface area contributed by atoms with Crippen LogP contribution >= 0.6 is 23.1 Å². The highest BCUT2D eigenvalue weighted by Crippen LogP contribution is 2.31. The number of hydrogen-bond acceptors (Lipinski definition) is 8. The Kier molecular flexibility index (Phi) is 6.61. The van der Waals surface area contributed by atoms with Crippen molar-refractivity contribution in [1.29, 1.82) is 0 Å². The second kappa shape index (κ2) is 9.58. The molecule has 4 rings (SSSR count). The summed E-state index contributed by atoms with van der Waals surface area (Å²) >= 11 is 2.58. The molecule has 1 amide bonds. The molecule has 0 spiro atoms. The van der Waals surface area contributed by atoms with Crippen molar-refractivity contribution in [2.75, 3.05) is 25.5 Å². The van der Waals surface area contributed by atoms with Gasteiger partial charge in [0.05, 0.1) is 41.4 Å². The standard InChI is InChI=1S/C22H21N3O5S2/c1-3-29-20(27)12-19-24(18(26)13-31-19)9-10-30-22(28)17-11-16-14(2)23-25(21(16)32-17)15-7-5-4-6-8-15/h4-8,11-12H,3,9-10,13H2,1-2H3/b19-12+. The van der Waals surface area contributed by atoms with Crippen LogP contribution in [0.4, 0.5) is 0 Å². The van der Waals surface area contributed by atoms with Crippen molar-refractivity contribution in [2.45, 2.75) is 13.8 Å². The Bertz CT molecular complexity index is 1200. The fourth-order valence-corrected chi connectivity index (χ4v) is 5.28. The maximum atomic E-state index is 12.6. The molecule has 1 saturated heterocycles. The number of thiophene rings is 1. The van der Waals surface area contributed by atoms with Crippen molar-refractivity contribution in [3.63, 3.8) is 0 Å². The average molecular weight is 472 g/mol. The zero-order valence-corrected chi connectivity index (χ0v) is 19.2. The summed E-state index contributed by atoms with van der Waals surface area (Å²) < 4.78 is 12.1. The van der Waals surface area contributed by atoms with Crippen molar-refractivity contribution in [3.05, 3.63) is 58.1 Å². The zero-order valence-electron chi connectivity index (χ0n) is 17.6. The summed E-state index contributed by atoms with van der Waals surface area (Å²) in [4.78, 5) is 39.2. The molecule has 10 heteroatoms. The second-order valence-corrected chi connectivity index (χ2v) is 8.89. The lowest BCUT2D eigenvalue weighted by Gasteiger charge is -2.16. The van der Waals surface area contributed by atoms with Gasteiger partial charge in [-0.15, -0.1) is 11.3 Å². The highest BCUT2D eigenvalue weighted by atomic mass is 32.2. The first kappa shape index (κ1) is 22.1. The molecule has 0 atom stereocenters. The van der Waals surface area contributed by atoms with Gasteiger partial charge in [-0.3, -0.25) is 4.79 Å². The van der Waals surface area contributed by atoms with Gasteiger partial charge in [0.15, 0.2) is 0 Å². The summed E-state index contributed by atoms with van der Waals surface area (Å²) in [6.07, 6.45) is 1.30. The molecule has 0 radical (unpaired) electrons. The topological polar surface area (TPSA) is 90.7 Å². The molecule has 1 aliphatic rings. The molecule has 1 aliphatic heterocycles. The van der Waals surface area contributed by atoms with Gasteiger partial charge in [0.25, 0.3) is 0 Å². The molecule has 0 saturated carbocycles. The van der Waals surface area contributed by atoms with Crippen LogP contribution in [0.25, 0.3) is 15.9 Å². The van der Waals surface area contributed by atoms with Crippen molar-refractivity contribution < 1.29 is 23.9 Å². The maximum Gasteiger partial charge on any atom is 0.348 e. The third-order valence-electron chi connectivity index (χ3n) is 4.73. The van der Waals surface area contributed by atoms with E-state index in [-0.39, 0.29) is 31.4 Å². The van der Waals surface area contributed by atoms with Crippen molar-refractivity contribution >= 4 is 51.2 Å². The predicted octanol–water partition coefficient (Wildman–Crippen LogP) is 3.53. The molecule has 3 heterocycles. The highest BCUT2D eigenvalue weighted by Gasteiger charge is 2.28. The Morgan fingerprint density at radius 3 is 2.75 bits per heavy atom. The molecule has 0 bridgehead atoms. The first-order chi connectivity index (χ1) is 15.5. The number of thioether (sulfide) groups is 1.